The smallest absolute Gasteiger partial charge is 0.266 e. The average Bonchev–Trinajstić information content (AvgIpc) is 3.00. The fourth-order valence-corrected chi connectivity index (χ4v) is 3.02. The highest BCUT2D eigenvalue weighted by Crippen LogP contribution is 2.25. The molecule has 2 rings (SSSR count). The molecule has 0 unspecified atom stereocenters. The Balaban J connectivity index is 2.03. The first-order valence-electron chi connectivity index (χ1n) is 7.80. The first-order valence-corrected chi connectivity index (χ1v) is 7.80. The third-order valence-electron chi connectivity index (χ3n) is 4.02. The van der Waals surface area contributed by atoms with Gasteiger partial charge >= 0.3 is 0 Å². The number of pyridine rings is 1. The van der Waals surface area contributed by atoms with Crippen molar-refractivity contribution in [1.29, 1.82) is 0 Å². The highest BCUT2D eigenvalue weighted by atomic mass is 16.2. The van der Waals surface area contributed by atoms with Crippen molar-refractivity contribution >= 4 is 5.91 Å². The normalized spacial score (nSPS) is 15.9. The molecule has 0 saturated heterocycles. The van der Waals surface area contributed by atoms with Gasteiger partial charge in [0, 0.05) is 25.3 Å². The molecule has 0 aromatic carbocycles. The van der Waals surface area contributed by atoms with Gasteiger partial charge in [-0.15, -0.1) is 0 Å². The topological polar surface area (TPSA) is 71.2 Å². The molecule has 3 N–H and O–H groups in total. The maximum absolute atomic E-state index is 11.4. The lowest BCUT2D eigenvalue weighted by Gasteiger charge is -2.30. The van der Waals surface area contributed by atoms with Crippen LogP contribution >= 0.6 is 0 Å². The first-order chi connectivity index (χ1) is 10.1. The van der Waals surface area contributed by atoms with Crippen molar-refractivity contribution in [3.8, 4) is 0 Å². The number of hydrogen-bond acceptors (Lipinski definition) is 4. The van der Waals surface area contributed by atoms with Gasteiger partial charge in [0.05, 0.1) is 11.3 Å². The van der Waals surface area contributed by atoms with Gasteiger partial charge in [-0.3, -0.25) is 20.1 Å². The van der Waals surface area contributed by atoms with Gasteiger partial charge in [-0.1, -0.05) is 26.7 Å². The van der Waals surface area contributed by atoms with Crippen LogP contribution in [0.5, 0.6) is 0 Å². The van der Waals surface area contributed by atoms with E-state index in [-0.39, 0.29) is 5.91 Å². The van der Waals surface area contributed by atoms with E-state index >= 15 is 0 Å². The van der Waals surface area contributed by atoms with Gasteiger partial charge < -0.3 is 0 Å². The summed E-state index contributed by atoms with van der Waals surface area (Å²) >= 11 is 0. The van der Waals surface area contributed by atoms with Gasteiger partial charge in [0.2, 0.25) is 0 Å². The molecule has 1 aliphatic rings. The SMILES string of the molecule is CC(C)CN(Cc1ccc(C(=O)NN)cn1)C1CCCC1. The van der Waals surface area contributed by atoms with Crippen LogP contribution in [0.4, 0.5) is 0 Å². The summed E-state index contributed by atoms with van der Waals surface area (Å²) in [7, 11) is 0. The summed E-state index contributed by atoms with van der Waals surface area (Å²) in [6, 6.07) is 4.39. The summed E-state index contributed by atoms with van der Waals surface area (Å²) in [5, 5.41) is 0. The summed E-state index contributed by atoms with van der Waals surface area (Å²) in [5.74, 6) is 5.47. The minimum Gasteiger partial charge on any atom is -0.294 e. The van der Waals surface area contributed by atoms with E-state index in [1.165, 1.54) is 25.7 Å². The Morgan fingerprint density at radius 2 is 2.14 bits per heavy atom. The zero-order chi connectivity index (χ0) is 15.2. The van der Waals surface area contributed by atoms with E-state index in [9.17, 15) is 4.79 Å². The van der Waals surface area contributed by atoms with Gasteiger partial charge in [0.15, 0.2) is 0 Å². The van der Waals surface area contributed by atoms with Crippen LogP contribution in [0, 0.1) is 5.92 Å². The lowest BCUT2D eigenvalue weighted by Crippen LogP contribution is -2.36. The molecule has 1 fully saturated rings. The summed E-state index contributed by atoms with van der Waals surface area (Å²) in [6.07, 6.45) is 6.85. The second-order valence-corrected chi connectivity index (χ2v) is 6.27. The van der Waals surface area contributed by atoms with E-state index in [4.69, 9.17) is 5.84 Å². The summed E-state index contributed by atoms with van der Waals surface area (Å²) < 4.78 is 0. The Labute approximate surface area is 126 Å². The minimum absolute atomic E-state index is 0.302. The molecule has 21 heavy (non-hydrogen) atoms. The standard InChI is InChI=1S/C16H26N4O/c1-12(2)10-20(15-5-3-4-6-15)11-14-8-7-13(9-18-14)16(21)19-17/h7-9,12,15H,3-6,10-11,17H2,1-2H3,(H,19,21). The molecule has 0 bridgehead atoms. The number of carbonyl (C=O) groups excluding carboxylic acids is 1. The molecular weight excluding hydrogens is 264 g/mol. The van der Waals surface area contributed by atoms with Crippen molar-refractivity contribution < 1.29 is 4.79 Å². The molecule has 0 atom stereocenters. The van der Waals surface area contributed by atoms with Gasteiger partial charge in [-0.25, -0.2) is 5.84 Å². The van der Waals surface area contributed by atoms with Crippen LogP contribution in [-0.4, -0.2) is 28.4 Å². The molecule has 1 heterocycles. The molecule has 5 nitrogen and oxygen atoms in total. The van der Waals surface area contributed by atoms with Crippen LogP contribution in [0.1, 0.15) is 55.6 Å². The molecule has 5 heteroatoms. The molecule has 1 aromatic heterocycles. The second kappa shape index (κ2) is 7.52. The predicted molar refractivity (Wildman–Crippen MR) is 83.4 cm³/mol. The molecule has 1 amide bonds. The van der Waals surface area contributed by atoms with Gasteiger partial charge in [-0.2, -0.15) is 0 Å². The van der Waals surface area contributed by atoms with E-state index < -0.39 is 0 Å². The number of nitrogens with one attached hydrogen (secondary N) is 1. The Morgan fingerprint density at radius 1 is 1.43 bits per heavy atom. The van der Waals surface area contributed by atoms with Crippen molar-refractivity contribution in [2.45, 2.75) is 52.1 Å². The number of nitrogens with zero attached hydrogens (tertiary/aromatic N) is 2. The van der Waals surface area contributed by atoms with Crippen LogP contribution in [0.25, 0.3) is 0 Å². The van der Waals surface area contributed by atoms with E-state index in [2.05, 4.69) is 29.2 Å². The number of carbonyl (C=O) groups is 1. The summed E-state index contributed by atoms with van der Waals surface area (Å²) in [6.45, 7) is 6.46. The maximum atomic E-state index is 11.4. The molecule has 0 radical (unpaired) electrons. The fraction of sp³-hybridized carbons (Fsp3) is 0.625. The Hall–Kier alpha value is -1.46. The van der Waals surface area contributed by atoms with E-state index in [1.54, 1.807) is 12.3 Å². The monoisotopic (exact) mass is 290 g/mol. The molecule has 1 saturated carbocycles. The van der Waals surface area contributed by atoms with E-state index in [0.717, 1.165) is 18.8 Å². The Bertz CT molecular complexity index is 452. The lowest BCUT2D eigenvalue weighted by molar-refractivity contribution is 0.0953. The van der Waals surface area contributed by atoms with Gasteiger partial charge in [0.25, 0.3) is 5.91 Å². The zero-order valence-corrected chi connectivity index (χ0v) is 13.0. The third kappa shape index (κ3) is 4.51. The van der Waals surface area contributed by atoms with E-state index in [0.29, 0.717) is 17.5 Å². The number of amides is 1. The Kier molecular flexibility index (Phi) is 5.70. The third-order valence-corrected chi connectivity index (χ3v) is 4.02. The maximum Gasteiger partial charge on any atom is 0.266 e. The number of hydrazine groups is 1. The molecule has 116 valence electrons. The largest absolute Gasteiger partial charge is 0.294 e. The van der Waals surface area contributed by atoms with Gasteiger partial charge in [0.1, 0.15) is 0 Å². The first kappa shape index (κ1) is 15.9. The number of hydrogen-bond donors (Lipinski definition) is 2. The van der Waals surface area contributed by atoms with Crippen molar-refractivity contribution in [3.05, 3.63) is 29.6 Å². The lowest BCUT2D eigenvalue weighted by atomic mass is 10.1. The highest BCUT2D eigenvalue weighted by molar-refractivity contribution is 5.93. The summed E-state index contributed by atoms with van der Waals surface area (Å²) in [5.41, 5.74) is 3.63. The van der Waals surface area contributed by atoms with Crippen LogP contribution in [-0.2, 0) is 6.54 Å². The zero-order valence-electron chi connectivity index (χ0n) is 13.0. The molecular formula is C16H26N4O. The number of rotatable bonds is 6. The van der Waals surface area contributed by atoms with Crippen LogP contribution in [0.3, 0.4) is 0 Å². The van der Waals surface area contributed by atoms with Crippen LogP contribution in [0.15, 0.2) is 18.3 Å². The number of nitrogens with two attached hydrogens (primary N) is 1. The van der Waals surface area contributed by atoms with Crippen molar-refractivity contribution in [2.24, 2.45) is 11.8 Å². The average molecular weight is 290 g/mol. The number of nitrogen functional groups attached to an aromatic ring is 1. The fourth-order valence-electron chi connectivity index (χ4n) is 3.02. The van der Waals surface area contributed by atoms with E-state index in [1.807, 2.05) is 6.07 Å². The quantitative estimate of drug-likeness (QED) is 0.478. The van der Waals surface area contributed by atoms with Crippen molar-refractivity contribution in [1.82, 2.24) is 15.3 Å². The van der Waals surface area contributed by atoms with Crippen LogP contribution < -0.4 is 11.3 Å². The highest BCUT2D eigenvalue weighted by Gasteiger charge is 2.23. The summed E-state index contributed by atoms with van der Waals surface area (Å²) in [4.78, 5) is 18.4. The van der Waals surface area contributed by atoms with Crippen molar-refractivity contribution in [2.75, 3.05) is 6.54 Å². The van der Waals surface area contributed by atoms with Gasteiger partial charge in [-0.05, 0) is 30.9 Å². The molecule has 1 aliphatic carbocycles. The number of aromatic nitrogens is 1. The molecule has 0 aliphatic heterocycles. The minimum atomic E-state index is -0.302. The van der Waals surface area contributed by atoms with Crippen LogP contribution in [0.2, 0.25) is 0 Å². The van der Waals surface area contributed by atoms with Crippen molar-refractivity contribution in [3.63, 3.8) is 0 Å². The second-order valence-electron chi connectivity index (χ2n) is 6.27. The predicted octanol–water partition coefficient (Wildman–Crippen LogP) is 2.09. The Morgan fingerprint density at radius 3 is 2.67 bits per heavy atom. The molecule has 1 aromatic rings. The molecule has 0 spiro atoms.